The summed E-state index contributed by atoms with van der Waals surface area (Å²) in [7, 11) is 1.69. The second-order valence-corrected chi connectivity index (χ2v) is 7.23. The molecule has 0 spiro atoms. The highest BCUT2D eigenvalue weighted by molar-refractivity contribution is 5.75. The maximum atomic E-state index is 12.9. The van der Waals surface area contributed by atoms with E-state index in [4.69, 9.17) is 4.74 Å². The van der Waals surface area contributed by atoms with Crippen molar-refractivity contribution in [2.45, 2.75) is 52.7 Å². The molecule has 2 amide bonds. The average Bonchev–Trinajstić information content (AvgIpc) is 3.24. The van der Waals surface area contributed by atoms with Crippen LogP contribution in [0.3, 0.4) is 0 Å². The van der Waals surface area contributed by atoms with E-state index in [1.807, 2.05) is 29.5 Å². The van der Waals surface area contributed by atoms with Gasteiger partial charge >= 0.3 is 6.03 Å². The number of benzene rings is 1. The fourth-order valence-corrected chi connectivity index (χ4v) is 3.94. The number of methoxy groups -OCH3 is 1. The Bertz CT molecular complexity index is 799. The highest BCUT2D eigenvalue weighted by Crippen LogP contribution is 2.33. The number of ether oxygens (including phenoxy) is 1. The maximum Gasteiger partial charge on any atom is 0.318 e. The van der Waals surface area contributed by atoms with Crippen molar-refractivity contribution in [2.24, 2.45) is 0 Å². The number of urea groups is 1. The molecule has 1 fully saturated rings. The molecule has 0 aliphatic carbocycles. The van der Waals surface area contributed by atoms with Gasteiger partial charge in [0.2, 0.25) is 0 Å². The molecule has 1 aliphatic rings. The van der Waals surface area contributed by atoms with Crippen molar-refractivity contribution < 1.29 is 9.53 Å². The molecule has 0 saturated carbocycles. The van der Waals surface area contributed by atoms with Gasteiger partial charge in [0.15, 0.2) is 0 Å². The van der Waals surface area contributed by atoms with E-state index < -0.39 is 0 Å². The summed E-state index contributed by atoms with van der Waals surface area (Å²) in [6.45, 7) is 8.80. The molecule has 27 heavy (non-hydrogen) atoms. The SMILES string of the molecule is COCCn1nc(C)c(CNC(=O)N2CCCC2c2ccccc2C)c1C. The zero-order chi connectivity index (χ0) is 19.4. The maximum absolute atomic E-state index is 12.9. The first-order valence-electron chi connectivity index (χ1n) is 9.64. The summed E-state index contributed by atoms with van der Waals surface area (Å²) in [5.74, 6) is 0. The summed E-state index contributed by atoms with van der Waals surface area (Å²) in [5, 5.41) is 7.68. The van der Waals surface area contributed by atoms with Gasteiger partial charge in [0, 0.05) is 31.5 Å². The van der Waals surface area contributed by atoms with Gasteiger partial charge in [0.1, 0.15) is 0 Å². The van der Waals surface area contributed by atoms with Crippen molar-refractivity contribution in [3.8, 4) is 0 Å². The highest BCUT2D eigenvalue weighted by Gasteiger charge is 2.30. The highest BCUT2D eigenvalue weighted by atomic mass is 16.5. The van der Waals surface area contributed by atoms with Gasteiger partial charge in [-0.15, -0.1) is 0 Å². The zero-order valence-corrected chi connectivity index (χ0v) is 16.8. The van der Waals surface area contributed by atoms with Gasteiger partial charge in [-0.05, 0) is 44.7 Å². The van der Waals surface area contributed by atoms with Crippen LogP contribution >= 0.6 is 0 Å². The molecule has 1 unspecified atom stereocenters. The van der Waals surface area contributed by atoms with Crippen molar-refractivity contribution in [1.29, 1.82) is 0 Å². The van der Waals surface area contributed by atoms with Gasteiger partial charge in [-0.1, -0.05) is 24.3 Å². The molecule has 0 bridgehead atoms. The molecule has 146 valence electrons. The van der Waals surface area contributed by atoms with Crippen LogP contribution in [0.25, 0.3) is 0 Å². The number of likely N-dealkylation sites (tertiary alicyclic amines) is 1. The Kier molecular flexibility index (Phi) is 6.16. The van der Waals surface area contributed by atoms with Crippen LogP contribution in [0.15, 0.2) is 24.3 Å². The Balaban J connectivity index is 1.67. The molecule has 3 rings (SSSR count). The minimum absolute atomic E-state index is 0.00388. The predicted octanol–water partition coefficient (Wildman–Crippen LogP) is 3.50. The van der Waals surface area contributed by atoms with E-state index in [0.717, 1.165) is 42.9 Å². The molecule has 2 aromatic rings. The third kappa shape index (κ3) is 4.16. The Hall–Kier alpha value is -2.34. The predicted molar refractivity (Wildman–Crippen MR) is 106 cm³/mol. The van der Waals surface area contributed by atoms with Crippen molar-refractivity contribution in [2.75, 3.05) is 20.3 Å². The zero-order valence-electron chi connectivity index (χ0n) is 16.8. The van der Waals surface area contributed by atoms with Gasteiger partial charge in [-0.3, -0.25) is 4.68 Å². The molecule has 1 aliphatic heterocycles. The summed E-state index contributed by atoms with van der Waals surface area (Å²) >= 11 is 0. The molecule has 1 atom stereocenters. The van der Waals surface area contributed by atoms with Crippen LogP contribution in [0.5, 0.6) is 0 Å². The number of rotatable bonds is 6. The molecule has 1 saturated heterocycles. The van der Waals surface area contributed by atoms with Gasteiger partial charge in [-0.25, -0.2) is 4.79 Å². The van der Waals surface area contributed by atoms with E-state index in [0.29, 0.717) is 13.2 Å². The second kappa shape index (κ2) is 8.57. The first-order valence-corrected chi connectivity index (χ1v) is 9.64. The lowest BCUT2D eigenvalue weighted by Gasteiger charge is -2.26. The first kappa shape index (κ1) is 19.4. The molecule has 6 heteroatoms. The van der Waals surface area contributed by atoms with E-state index in [9.17, 15) is 4.79 Å². The molecule has 0 radical (unpaired) electrons. The van der Waals surface area contributed by atoms with E-state index in [2.05, 4.69) is 35.5 Å². The van der Waals surface area contributed by atoms with Crippen LogP contribution in [0.1, 0.15) is 47.0 Å². The van der Waals surface area contributed by atoms with Crippen LogP contribution in [0, 0.1) is 20.8 Å². The fourth-order valence-electron chi connectivity index (χ4n) is 3.94. The molecular weight excluding hydrogens is 340 g/mol. The number of hydrogen-bond donors (Lipinski definition) is 1. The van der Waals surface area contributed by atoms with Crippen LogP contribution < -0.4 is 5.32 Å². The summed E-state index contributed by atoms with van der Waals surface area (Å²) in [6.07, 6.45) is 2.06. The Labute approximate surface area is 161 Å². The summed E-state index contributed by atoms with van der Waals surface area (Å²) < 4.78 is 7.09. The molecule has 2 heterocycles. The standard InChI is InChI=1S/C21H30N4O2/c1-15-8-5-6-9-18(15)20-10-7-11-24(20)21(26)22-14-19-16(2)23-25(17(19)3)12-13-27-4/h5-6,8-9,20H,7,10-14H2,1-4H3,(H,22,26). The lowest BCUT2D eigenvalue weighted by Crippen LogP contribution is -2.39. The number of amides is 2. The Morgan fingerprint density at radius 2 is 2.07 bits per heavy atom. The number of hydrogen-bond acceptors (Lipinski definition) is 3. The van der Waals surface area contributed by atoms with E-state index in [1.54, 1.807) is 7.11 Å². The quantitative estimate of drug-likeness (QED) is 0.847. The fraction of sp³-hybridized carbons (Fsp3) is 0.524. The number of nitrogens with one attached hydrogen (secondary N) is 1. The van der Waals surface area contributed by atoms with Crippen molar-refractivity contribution in [1.82, 2.24) is 20.0 Å². The van der Waals surface area contributed by atoms with Gasteiger partial charge in [0.25, 0.3) is 0 Å². The van der Waals surface area contributed by atoms with Gasteiger partial charge in [-0.2, -0.15) is 5.10 Å². The minimum atomic E-state index is 0.00388. The lowest BCUT2D eigenvalue weighted by molar-refractivity contribution is 0.182. The monoisotopic (exact) mass is 370 g/mol. The Morgan fingerprint density at radius 1 is 1.30 bits per heavy atom. The summed E-state index contributed by atoms with van der Waals surface area (Å²) in [6, 6.07) is 8.52. The molecule has 1 aromatic carbocycles. The van der Waals surface area contributed by atoms with Crippen molar-refractivity contribution in [3.63, 3.8) is 0 Å². The number of nitrogens with zero attached hydrogens (tertiary/aromatic N) is 3. The Morgan fingerprint density at radius 3 is 2.81 bits per heavy atom. The summed E-state index contributed by atoms with van der Waals surface area (Å²) in [4.78, 5) is 14.9. The van der Waals surface area contributed by atoms with Gasteiger partial charge < -0.3 is 15.0 Å². The molecule has 1 N–H and O–H groups in total. The smallest absolute Gasteiger partial charge is 0.318 e. The van der Waals surface area contributed by atoms with Crippen molar-refractivity contribution in [3.05, 3.63) is 52.3 Å². The van der Waals surface area contributed by atoms with E-state index >= 15 is 0 Å². The topological polar surface area (TPSA) is 59.4 Å². The number of aryl methyl sites for hydroxylation is 2. The molecule has 1 aromatic heterocycles. The van der Waals surface area contributed by atoms with Gasteiger partial charge in [0.05, 0.1) is 24.9 Å². The van der Waals surface area contributed by atoms with Crippen LogP contribution in [0.4, 0.5) is 4.79 Å². The van der Waals surface area contributed by atoms with E-state index in [-0.39, 0.29) is 12.1 Å². The average molecular weight is 370 g/mol. The third-order valence-corrected chi connectivity index (χ3v) is 5.52. The first-order chi connectivity index (χ1) is 13.0. The number of carbonyl (C=O) groups excluding carboxylic acids is 1. The van der Waals surface area contributed by atoms with Crippen LogP contribution in [-0.2, 0) is 17.8 Å². The van der Waals surface area contributed by atoms with Crippen molar-refractivity contribution >= 4 is 6.03 Å². The number of aromatic nitrogens is 2. The van der Waals surface area contributed by atoms with Crippen LogP contribution in [0.2, 0.25) is 0 Å². The van der Waals surface area contributed by atoms with Crippen LogP contribution in [-0.4, -0.2) is 41.0 Å². The normalized spacial score (nSPS) is 16.7. The minimum Gasteiger partial charge on any atom is -0.383 e. The summed E-state index contributed by atoms with van der Waals surface area (Å²) in [5.41, 5.74) is 5.63. The molecule has 6 nitrogen and oxygen atoms in total. The largest absolute Gasteiger partial charge is 0.383 e. The molecular formula is C21H30N4O2. The number of carbonyl (C=O) groups is 1. The second-order valence-electron chi connectivity index (χ2n) is 7.23. The van der Waals surface area contributed by atoms with E-state index in [1.165, 1.54) is 11.1 Å². The third-order valence-electron chi connectivity index (χ3n) is 5.52. The lowest BCUT2D eigenvalue weighted by atomic mass is 9.99.